The summed E-state index contributed by atoms with van der Waals surface area (Å²) in [4.78, 5) is 12.9. The van der Waals surface area contributed by atoms with E-state index in [9.17, 15) is 13.2 Å². The van der Waals surface area contributed by atoms with Crippen LogP contribution in [-0.2, 0) is 30.9 Å². The lowest BCUT2D eigenvalue weighted by Gasteiger charge is -2.26. The fraction of sp³-hybridized carbons (Fsp3) is 0.480. The molecule has 2 atom stereocenters. The van der Waals surface area contributed by atoms with Gasteiger partial charge in [-0.3, -0.25) is 4.79 Å². The molecule has 0 unspecified atom stereocenters. The molecule has 6 nitrogen and oxygen atoms in total. The lowest BCUT2D eigenvalue weighted by atomic mass is 10.00. The van der Waals surface area contributed by atoms with Crippen LogP contribution in [0.5, 0.6) is 0 Å². The topological polar surface area (TPSA) is 81.7 Å². The van der Waals surface area contributed by atoms with E-state index in [0.717, 1.165) is 11.1 Å². The molecule has 0 aliphatic heterocycles. The molecule has 0 saturated heterocycles. The normalized spacial score (nSPS) is 14.0. The van der Waals surface area contributed by atoms with Gasteiger partial charge in [0, 0.05) is 17.1 Å². The number of aryl methyl sites for hydroxylation is 1. The zero-order chi connectivity index (χ0) is 24.5. The fourth-order valence-electron chi connectivity index (χ4n) is 3.17. The lowest BCUT2D eigenvalue weighted by molar-refractivity contribution is -0.159. The van der Waals surface area contributed by atoms with E-state index in [4.69, 9.17) is 9.47 Å². The van der Waals surface area contributed by atoms with Crippen molar-refractivity contribution in [3.05, 3.63) is 65.7 Å². The first-order valence-corrected chi connectivity index (χ1v) is 14.0. The number of ether oxygens (including phenoxy) is 2. The van der Waals surface area contributed by atoms with Crippen LogP contribution in [0.25, 0.3) is 0 Å². The maximum absolute atomic E-state index is 13.0. The molecule has 182 valence electrons. The van der Waals surface area contributed by atoms with E-state index in [2.05, 4.69) is 27.3 Å². The summed E-state index contributed by atoms with van der Waals surface area (Å²) >= 11 is 2.15. The summed E-state index contributed by atoms with van der Waals surface area (Å²) in [6.45, 7) is 8.18. The van der Waals surface area contributed by atoms with Crippen LogP contribution in [0.1, 0.15) is 44.7 Å². The number of halogens is 1. The molecule has 33 heavy (non-hydrogen) atoms. The molecular weight excluding hydrogens is 553 g/mol. The van der Waals surface area contributed by atoms with Crippen molar-refractivity contribution in [1.82, 2.24) is 4.72 Å². The molecule has 0 spiro atoms. The molecule has 2 rings (SSSR count). The van der Waals surface area contributed by atoms with Gasteiger partial charge in [0.25, 0.3) is 0 Å². The average Bonchev–Trinajstić information content (AvgIpc) is 2.74. The Balaban J connectivity index is 2.10. The summed E-state index contributed by atoms with van der Waals surface area (Å²) in [6, 6.07) is 16.0. The summed E-state index contributed by atoms with van der Waals surface area (Å²) in [5.74, 6) is -0.744. The lowest BCUT2D eigenvalue weighted by Crippen LogP contribution is -2.40. The number of nitrogens with one attached hydrogen (secondary N) is 1. The van der Waals surface area contributed by atoms with Crippen LogP contribution in [0.4, 0.5) is 0 Å². The van der Waals surface area contributed by atoms with Crippen LogP contribution in [0.3, 0.4) is 0 Å². The van der Waals surface area contributed by atoms with E-state index in [1.54, 1.807) is 24.3 Å². The average molecular weight is 588 g/mol. The Morgan fingerprint density at radius 2 is 1.70 bits per heavy atom. The highest BCUT2D eigenvalue weighted by Crippen LogP contribution is 2.21. The first kappa shape index (κ1) is 27.8. The quantitative estimate of drug-likeness (QED) is 0.163. The van der Waals surface area contributed by atoms with Gasteiger partial charge in [-0.15, -0.1) is 0 Å². The predicted octanol–water partition coefficient (Wildman–Crippen LogP) is 5.03. The smallest absolute Gasteiger partial charge is 0.310 e. The monoisotopic (exact) mass is 587 g/mol. The Morgan fingerprint density at radius 1 is 1.06 bits per heavy atom. The third-order valence-electron chi connectivity index (χ3n) is 4.87. The third kappa shape index (κ3) is 10.1. The van der Waals surface area contributed by atoms with Crippen LogP contribution in [0, 0.1) is 12.8 Å². The minimum Gasteiger partial charge on any atom is -0.460 e. The number of esters is 1. The highest BCUT2D eigenvalue weighted by Gasteiger charge is 2.29. The van der Waals surface area contributed by atoms with E-state index >= 15 is 0 Å². The minimum atomic E-state index is -3.74. The predicted molar refractivity (Wildman–Crippen MR) is 139 cm³/mol. The van der Waals surface area contributed by atoms with Crippen LogP contribution >= 0.6 is 22.6 Å². The second kappa shape index (κ2) is 12.8. The largest absolute Gasteiger partial charge is 0.460 e. The maximum Gasteiger partial charge on any atom is 0.310 e. The van der Waals surface area contributed by atoms with Gasteiger partial charge in [-0.2, -0.15) is 0 Å². The SMILES string of the molecule is Cc1ccc(S(=O)(=O)N[C@H](CCOCc2ccccc2)C[C@@H](CI)C(=O)OC(C)(C)C)cc1. The number of alkyl halides is 1. The maximum atomic E-state index is 13.0. The fourth-order valence-corrected chi connectivity index (χ4v) is 5.17. The van der Waals surface area contributed by atoms with Gasteiger partial charge in [-0.1, -0.05) is 70.6 Å². The molecule has 0 aromatic heterocycles. The molecule has 0 saturated carbocycles. The zero-order valence-corrected chi connectivity index (χ0v) is 22.7. The number of rotatable bonds is 12. The summed E-state index contributed by atoms with van der Waals surface area (Å²) in [5.41, 5.74) is 1.43. The molecule has 0 aliphatic rings. The van der Waals surface area contributed by atoms with Crippen molar-refractivity contribution in [3.63, 3.8) is 0 Å². The Labute approximate surface area is 211 Å². The minimum absolute atomic E-state index is 0.201. The standard InChI is InChI=1S/C25H34INO5S/c1-19-10-12-23(13-11-19)33(29,30)27-22(14-15-31-18-20-8-6-5-7-9-20)16-21(17-26)24(28)32-25(2,3)4/h5-13,21-22,27H,14-18H2,1-4H3/t21-,22+/m0/s1. The van der Waals surface area contributed by atoms with Crippen LogP contribution in [0.15, 0.2) is 59.5 Å². The molecule has 0 radical (unpaired) electrons. The van der Waals surface area contributed by atoms with Crippen LogP contribution < -0.4 is 4.72 Å². The molecule has 0 heterocycles. The Hall–Kier alpha value is -1.49. The zero-order valence-electron chi connectivity index (χ0n) is 19.7. The van der Waals surface area contributed by atoms with Gasteiger partial charge < -0.3 is 9.47 Å². The third-order valence-corrected chi connectivity index (χ3v) is 7.47. The van der Waals surface area contributed by atoms with Crippen molar-refractivity contribution in [2.24, 2.45) is 5.92 Å². The van der Waals surface area contributed by atoms with Gasteiger partial charge in [0.2, 0.25) is 10.0 Å². The first-order valence-electron chi connectivity index (χ1n) is 11.0. The van der Waals surface area contributed by atoms with E-state index in [0.29, 0.717) is 30.5 Å². The number of carbonyl (C=O) groups excluding carboxylic acids is 1. The number of sulfonamides is 1. The van der Waals surface area contributed by atoms with Crippen LogP contribution in [-0.4, -0.2) is 37.1 Å². The van der Waals surface area contributed by atoms with Crippen molar-refractivity contribution in [1.29, 1.82) is 0 Å². The van der Waals surface area contributed by atoms with Crippen molar-refractivity contribution >= 4 is 38.6 Å². The number of benzene rings is 2. The van der Waals surface area contributed by atoms with Crippen molar-refractivity contribution < 1.29 is 22.7 Å². The van der Waals surface area contributed by atoms with Crippen molar-refractivity contribution in [3.8, 4) is 0 Å². The van der Waals surface area contributed by atoms with Gasteiger partial charge >= 0.3 is 5.97 Å². The highest BCUT2D eigenvalue weighted by molar-refractivity contribution is 14.1. The van der Waals surface area contributed by atoms with Gasteiger partial charge in [0.1, 0.15) is 5.60 Å². The van der Waals surface area contributed by atoms with Gasteiger partial charge in [0.05, 0.1) is 17.4 Å². The summed E-state index contributed by atoms with van der Waals surface area (Å²) in [6.07, 6.45) is 0.769. The van der Waals surface area contributed by atoms with Gasteiger partial charge in [-0.05, 0) is 58.2 Å². The van der Waals surface area contributed by atoms with Gasteiger partial charge in [-0.25, -0.2) is 13.1 Å². The molecule has 0 aliphatic carbocycles. The van der Waals surface area contributed by atoms with Crippen molar-refractivity contribution in [2.75, 3.05) is 11.0 Å². The molecule has 0 fully saturated rings. The van der Waals surface area contributed by atoms with Gasteiger partial charge in [0.15, 0.2) is 0 Å². The summed E-state index contributed by atoms with van der Waals surface area (Å²) < 4.78 is 40.7. The first-order chi connectivity index (χ1) is 15.5. The molecule has 0 bridgehead atoms. The molecular formula is C25H34INO5S. The van der Waals surface area contributed by atoms with E-state index in [1.807, 2.05) is 58.0 Å². The number of hydrogen-bond donors (Lipinski definition) is 1. The number of carbonyl (C=O) groups is 1. The van der Waals surface area contributed by atoms with E-state index in [-0.39, 0.29) is 10.9 Å². The molecule has 2 aromatic carbocycles. The summed E-state index contributed by atoms with van der Waals surface area (Å²) in [7, 11) is -3.74. The Kier molecular flexibility index (Phi) is 10.8. The van der Waals surface area contributed by atoms with E-state index < -0.39 is 27.6 Å². The molecule has 0 amide bonds. The Bertz CT molecular complexity index is 972. The molecule has 1 N–H and O–H groups in total. The van der Waals surface area contributed by atoms with E-state index in [1.165, 1.54) is 0 Å². The Morgan fingerprint density at radius 3 is 2.27 bits per heavy atom. The van der Waals surface area contributed by atoms with Crippen molar-refractivity contribution in [2.45, 2.75) is 63.7 Å². The van der Waals surface area contributed by atoms with Crippen LogP contribution in [0.2, 0.25) is 0 Å². The summed E-state index contributed by atoms with van der Waals surface area (Å²) in [5, 5.41) is 0. The number of hydrogen-bond acceptors (Lipinski definition) is 5. The highest BCUT2D eigenvalue weighted by atomic mass is 127. The second-order valence-electron chi connectivity index (χ2n) is 9.08. The molecule has 2 aromatic rings. The second-order valence-corrected chi connectivity index (χ2v) is 11.7. The molecule has 8 heteroatoms.